The van der Waals surface area contributed by atoms with Crippen molar-refractivity contribution in [1.82, 2.24) is 15.5 Å². The van der Waals surface area contributed by atoms with Gasteiger partial charge in [0, 0.05) is 32.2 Å². The van der Waals surface area contributed by atoms with Crippen LogP contribution in [0, 0.1) is 17.6 Å². The Morgan fingerprint density at radius 1 is 1.14 bits per heavy atom. The van der Waals surface area contributed by atoms with Crippen molar-refractivity contribution >= 4 is 24.2 Å². The second-order valence-corrected chi connectivity index (χ2v) is 7.56. The quantitative estimate of drug-likeness (QED) is 0.751. The lowest BCUT2D eigenvalue weighted by Crippen LogP contribution is -2.56. The summed E-state index contributed by atoms with van der Waals surface area (Å²) in [7, 11) is 0. The van der Waals surface area contributed by atoms with Gasteiger partial charge in [-0.15, -0.1) is 12.4 Å². The predicted molar refractivity (Wildman–Crippen MR) is 105 cm³/mol. The van der Waals surface area contributed by atoms with Gasteiger partial charge in [0.1, 0.15) is 11.6 Å². The lowest BCUT2D eigenvalue weighted by molar-refractivity contribution is -0.138. The first-order valence-corrected chi connectivity index (χ1v) is 9.75. The van der Waals surface area contributed by atoms with Crippen LogP contribution in [-0.4, -0.2) is 42.4 Å². The molecule has 2 aliphatic rings. The molecule has 2 N–H and O–H groups in total. The van der Waals surface area contributed by atoms with Crippen molar-refractivity contribution in [2.75, 3.05) is 19.6 Å². The minimum atomic E-state index is -0.661. The molecule has 5 nitrogen and oxygen atoms in total. The maximum absolute atomic E-state index is 13.4. The predicted octanol–water partition coefficient (Wildman–Crippen LogP) is 2.77. The fraction of sp³-hybridized carbons (Fsp3) is 0.600. The molecule has 1 aliphatic carbocycles. The molecule has 1 aliphatic heterocycles. The van der Waals surface area contributed by atoms with Crippen LogP contribution in [0.4, 0.5) is 8.78 Å². The van der Waals surface area contributed by atoms with E-state index in [-0.39, 0.29) is 37.2 Å². The Labute approximate surface area is 170 Å². The van der Waals surface area contributed by atoms with Crippen LogP contribution < -0.4 is 10.6 Å². The Kier molecular flexibility index (Phi) is 8.63. The number of nitrogens with zero attached hydrogens (tertiary/aromatic N) is 1. The molecule has 2 amide bonds. The van der Waals surface area contributed by atoms with E-state index in [2.05, 4.69) is 10.6 Å². The van der Waals surface area contributed by atoms with E-state index in [1.54, 1.807) is 4.90 Å². The number of halogens is 3. The van der Waals surface area contributed by atoms with Gasteiger partial charge in [0.05, 0.1) is 12.5 Å². The summed E-state index contributed by atoms with van der Waals surface area (Å²) in [6.07, 6.45) is 6.10. The maximum Gasteiger partial charge on any atom is 0.240 e. The van der Waals surface area contributed by atoms with Gasteiger partial charge in [-0.3, -0.25) is 9.59 Å². The molecule has 0 radical (unpaired) electrons. The summed E-state index contributed by atoms with van der Waals surface area (Å²) >= 11 is 0. The van der Waals surface area contributed by atoms with Crippen molar-refractivity contribution in [1.29, 1.82) is 0 Å². The number of piperazine rings is 1. The van der Waals surface area contributed by atoms with E-state index in [9.17, 15) is 18.4 Å². The van der Waals surface area contributed by atoms with Gasteiger partial charge < -0.3 is 15.5 Å². The number of rotatable bonds is 6. The van der Waals surface area contributed by atoms with Gasteiger partial charge >= 0.3 is 0 Å². The molecule has 1 saturated carbocycles. The van der Waals surface area contributed by atoms with E-state index >= 15 is 0 Å². The minimum Gasteiger partial charge on any atom is -0.356 e. The van der Waals surface area contributed by atoms with E-state index in [0.29, 0.717) is 31.1 Å². The molecule has 2 fully saturated rings. The number of benzene rings is 1. The molecule has 8 heteroatoms. The topological polar surface area (TPSA) is 61.4 Å². The van der Waals surface area contributed by atoms with Crippen molar-refractivity contribution in [2.24, 2.45) is 5.92 Å². The maximum atomic E-state index is 13.4. The molecule has 28 heavy (non-hydrogen) atoms. The zero-order valence-electron chi connectivity index (χ0n) is 15.9. The summed E-state index contributed by atoms with van der Waals surface area (Å²) in [4.78, 5) is 26.4. The van der Waals surface area contributed by atoms with Crippen molar-refractivity contribution in [2.45, 2.75) is 51.1 Å². The van der Waals surface area contributed by atoms with Crippen LogP contribution in [-0.2, 0) is 16.1 Å². The average Bonchev–Trinajstić information content (AvgIpc) is 2.63. The smallest absolute Gasteiger partial charge is 0.240 e. The first-order chi connectivity index (χ1) is 13.0. The normalized spacial score (nSPS) is 20.6. The summed E-state index contributed by atoms with van der Waals surface area (Å²) in [5.41, 5.74) is 0.406. The monoisotopic (exact) mass is 415 g/mol. The zero-order valence-corrected chi connectivity index (χ0v) is 16.7. The highest BCUT2D eigenvalue weighted by Gasteiger charge is 2.30. The van der Waals surface area contributed by atoms with Crippen molar-refractivity contribution in [3.8, 4) is 0 Å². The fourth-order valence-corrected chi connectivity index (χ4v) is 3.94. The average molecular weight is 416 g/mol. The van der Waals surface area contributed by atoms with Crippen LogP contribution in [0.2, 0.25) is 0 Å². The molecule has 1 aromatic rings. The highest BCUT2D eigenvalue weighted by atomic mass is 35.5. The van der Waals surface area contributed by atoms with Gasteiger partial charge in [0.25, 0.3) is 0 Å². The Balaban J connectivity index is 0.00000280. The van der Waals surface area contributed by atoms with Gasteiger partial charge in [0.2, 0.25) is 11.8 Å². The van der Waals surface area contributed by atoms with Gasteiger partial charge in [0.15, 0.2) is 0 Å². The minimum absolute atomic E-state index is 0. The molecule has 1 atom stereocenters. The fourth-order valence-electron chi connectivity index (χ4n) is 3.94. The van der Waals surface area contributed by atoms with Crippen LogP contribution in [0.5, 0.6) is 0 Å². The van der Waals surface area contributed by atoms with Crippen LogP contribution in [0.1, 0.15) is 44.1 Å². The number of amides is 2. The first kappa shape index (κ1) is 22.6. The molecule has 1 saturated heterocycles. The summed E-state index contributed by atoms with van der Waals surface area (Å²) in [5, 5.41) is 6.03. The highest BCUT2D eigenvalue weighted by molar-refractivity contribution is 5.88. The molecule has 1 aromatic carbocycles. The molecule has 1 heterocycles. The summed E-state index contributed by atoms with van der Waals surface area (Å²) in [6.45, 7) is 1.79. The van der Waals surface area contributed by atoms with Crippen molar-refractivity contribution in [3.63, 3.8) is 0 Å². The lowest BCUT2D eigenvalue weighted by Gasteiger charge is -2.33. The highest BCUT2D eigenvalue weighted by Crippen LogP contribution is 2.22. The molecule has 0 aromatic heterocycles. The van der Waals surface area contributed by atoms with Crippen LogP contribution in [0.15, 0.2) is 18.2 Å². The Morgan fingerprint density at radius 2 is 1.82 bits per heavy atom. The van der Waals surface area contributed by atoms with E-state index in [1.165, 1.54) is 31.4 Å². The molecule has 156 valence electrons. The molecule has 3 rings (SSSR count). The van der Waals surface area contributed by atoms with E-state index < -0.39 is 17.7 Å². The van der Waals surface area contributed by atoms with Crippen LogP contribution in [0.3, 0.4) is 0 Å². The van der Waals surface area contributed by atoms with E-state index in [4.69, 9.17) is 0 Å². The van der Waals surface area contributed by atoms with Gasteiger partial charge in [-0.25, -0.2) is 8.78 Å². The van der Waals surface area contributed by atoms with Gasteiger partial charge in [-0.1, -0.05) is 19.3 Å². The Morgan fingerprint density at radius 3 is 2.50 bits per heavy atom. The summed E-state index contributed by atoms with van der Waals surface area (Å²) in [6, 6.07) is 2.67. The molecule has 0 bridgehead atoms. The standard InChI is InChI=1S/C20H27F2N3O2.ClH/c21-16-8-15(9-17(22)10-16)13-25-7-6-23-18(20(25)27)11-19(26)24-12-14-4-2-1-3-5-14;/h8-10,14,18,23H,1-7,11-13H2,(H,24,26);1H. The van der Waals surface area contributed by atoms with Crippen LogP contribution in [0.25, 0.3) is 0 Å². The van der Waals surface area contributed by atoms with E-state index in [1.807, 2.05) is 0 Å². The van der Waals surface area contributed by atoms with Gasteiger partial charge in [-0.05, 0) is 36.5 Å². The number of nitrogens with one attached hydrogen (secondary N) is 2. The van der Waals surface area contributed by atoms with Crippen molar-refractivity contribution < 1.29 is 18.4 Å². The third-order valence-corrected chi connectivity index (χ3v) is 5.38. The van der Waals surface area contributed by atoms with Gasteiger partial charge in [-0.2, -0.15) is 0 Å². The summed E-state index contributed by atoms with van der Waals surface area (Å²) < 4.78 is 26.7. The molecule has 1 unspecified atom stereocenters. The van der Waals surface area contributed by atoms with E-state index in [0.717, 1.165) is 18.9 Å². The lowest BCUT2D eigenvalue weighted by atomic mass is 9.89. The summed E-state index contributed by atoms with van der Waals surface area (Å²) in [5.74, 6) is -1.13. The second-order valence-electron chi connectivity index (χ2n) is 7.56. The molecule has 0 spiro atoms. The number of carbonyl (C=O) groups is 2. The van der Waals surface area contributed by atoms with Crippen molar-refractivity contribution in [3.05, 3.63) is 35.4 Å². The molecular weight excluding hydrogens is 388 g/mol. The first-order valence-electron chi connectivity index (χ1n) is 9.75. The number of hydrogen-bond donors (Lipinski definition) is 2. The Hall–Kier alpha value is -1.73. The molecular formula is C20H28ClF2N3O2. The SMILES string of the molecule is Cl.O=C(CC1NCCN(Cc2cc(F)cc(F)c2)C1=O)NCC1CCCCC1. The Bertz CT molecular complexity index is 663. The number of carbonyl (C=O) groups excluding carboxylic acids is 2. The van der Waals surface area contributed by atoms with Crippen LogP contribution >= 0.6 is 12.4 Å². The third-order valence-electron chi connectivity index (χ3n) is 5.38. The largest absolute Gasteiger partial charge is 0.356 e. The second kappa shape index (κ2) is 10.7. The number of hydrogen-bond acceptors (Lipinski definition) is 3. The zero-order chi connectivity index (χ0) is 19.2. The third kappa shape index (κ3) is 6.41.